The quantitative estimate of drug-likeness (QED) is 0.772. The monoisotopic (exact) mass is 276 g/mol. The molecule has 0 saturated heterocycles. The van der Waals surface area contributed by atoms with Gasteiger partial charge < -0.3 is 14.2 Å². The Morgan fingerprint density at radius 3 is 2.80 bits per heavy atom. The molecule has 0 N–H and O–H groups in total. The molecule has 1 aromatic rings. The zero-order valence-electron chi connectivity index (χ0n) is 11.0. The topological polar surface area (TPSA) is 61.8 Å². The summed E-state index contributed by atoms with van der Waals surface area (Å²) >= 11 is 0. The molecular formula is C15H16O5. The van der Waals surface area contributed by atoms with Crippen molar-refractivity contribution in [1.29, 1.82) is 0 Å². The van der Waals surface area contributed by atoms with E-state index in [0.717, 1.165) is 12.8 Å². The molecule has 1 aliphatic carbocycles. The lowest BCUT2D eigenvalue weighted by molar-refractivity contribution is -0.165. The highest BCUT2D eigenvalue weighted by Gasteiger charge is 2.33. The van der Waals surface area contributed by atoms with Crippen LogP contribution in [0, 0.1) is 0 Å². The lowest BCUT2D eigenvalue weighted by atomic mass is 9.96. The molecule has 1 saturated carbocycles. The van der Waals surface area contributed by atoms with E-state index >= 15 is 0 Å². The van der Waals surface area contributed by atoms with Crippen LogP contribution < -0.4 is 9.47 Å². The number of hydrogen-bond acceptors (Lipinski definition) is 5. The predicted molar refractivity (Wildman–Crippen MR) is 69.7 cm³/mol. The number of fused-ring (bicyclic) bond motifs is 1. The van der Waals surface area contributed by atoms with Crippen molar-refractivity contribution < 1.29 is 23.8 Å². The second kappa shape index (κ2) is 5.53. The van der Waals surface area contributed by atoms with Gasteiger partial charge in [0.15, 0.2) is 23.4 Å². The summed E-state index contributed by atoms with van der Waals surface area (Å²) in [4.78, 5) is 23.7. The molecule has 20 heavy (non-hydrogen) atoms. The van der Waals surface area contributed by atoms with E-state index in [9.17, 15) is 9.59 Å². The van der Waals surface area contributed by atoms with Crippen molar-refractivity contribution in [3.05, 3.63) is 24.3 Å². The zero-order valence-corrected chi connectivity index (χ0v) is 11.0. The van der Waals surface area contributed by atoms with E-state index in [1.807, 2.05) is 6.07 Å². The molecule has 0 amide bonds. The fourth-order valence-corrected chi connectivity index (χ4v) is 2.43. The first kappa shape index (κ1) is 13.0. The maximum atomic E-state index is 12.0. The molecule has 0 bridgehead atoms. The molecule has 0 radical (unpaired) electrons. The average Bonchev–Trinajstić information content (AvgIpc) is 2.49. The maximum Gasteiger partial charge on any atom is 0.351 e. The summed E-state index contributed by atoms with van der Waals surface area (Å²) in [5.41, 5.74) is 0. The lowest BCUT2D eigenvalue weighted by Gasteiger charge is -2.27. The van der Waals surface area contributed by atoms with Crippen LogP contribution in [0.2, 0.25) is 0 Å². The Balaban J connectivity index is 1.63. The third-order valence-electron chi connectivity index (χ3n) is 3.53. The van der Waals surface area contributed by atoms with E-state index in [0.29, 0.717) is 24.3 Å². The van der Waals surface area contributed by atoms with Crippen LogP contribution in [0.4, 0.5) is 0 Å². The Hall–Kier alpha value is -2.04. The third-order valence-corrected chi connectivity index (χ3v) is 3.53. The molecule has 1 fully saturated rings. The van der Waals surface area contributed by atoms with E-state index in [2.05, 4.69) is 0 Å². The van der Waals surface area contributed by atoms with Gasteiger partial charge >= 0.3 is 5.97 Å². The van der Waals surface area contributed by atoms with Gasteiger partial charge in [0.2, 0.25) is 6.10 Å². The normalized spacial score (nSPS) is 25.1. The number of ether oxygens (including phenoxy) is 3. The number of carbonyl (C=O) groups is 2. The van der Waals surface area contributed by atoms with E-state index in [1.165, 1.54) is 0 Å². The highest BCUT2D eigenvalue weighted by molar-refractivity contribution is 5.87. The van der Waals surface area contributed by atoms with Gasteiger partial charge in [0, 0.05) is 6.42 Å². The molecule has 3 rings (SSSR count). The van der Waals surface area contributed by atoms with Crippen LogP contribution >= 0.6 is 0 Å². The van der Waals surface area contributed by atoms with Crippen molar-refractivity contribution in [2.45, 2.75) is 37.9 Å². The van der Waals surface area contributed by atoms with E-state index in [-0.39, 0.29) is 12.4 Å². The minimum Gasteiger partial charge on any atom is -0.485 e. The molecule has 2 atom stereocenters. The van der Waals surface area contributed by atoms with Crippen LogP contribution in [0.1, 0.15) is 25.7 Å². The minimum absolute atomic E-state index is 0.00160. The Bertz CT molecular complexity index is 525. The number of hydrogen-bond donors (Lipinski definition) is 0. The number of esters is 1. The minimum atomic E-state index is -0.806. The summed E-state index contributed by atoms with van der Waals surface area (Å²) in [5, 5.41) is 0. The summed E-state index contributed by atoms with van der Waals surface area (Å²) in [7, 11) is 0. The van der Waals surface area contributed by atoms with Gasteiger partial charge in [-0.1, -0.05) is 12.1 Å². The Labute approximate surface area is 116 Å². The van der Waals surface area contributed by atoms with Crippen LogP contribution in [0.15, 0.2) is 24.3 Å². The van der Waals surface area contributed by atoms with Gasteiger partial charge in [0.05, 0.1) is 0 Å². The van der Waals surface area contributed by atoms with Crippen molar-refractivity contribution in [1.82, 2.24) is 0 Å². The standard InChI is InChI=1S/C15H16O5/c16-10-5-1-2-6-11(10)20-15(17)14-9-18-12-7-3-4-8-13(12)19-14/h3-4,7-8,11,14H,1-2,5-6,9H2/t11-,14-/m1/s1. The fourth-order valence-electron chi connectivity index (χ4n) is 2.43. The summed E-state index contributed by atoms with van der Waals surface area (Å²) < 4.78 is 16.3. The molecule has 5 heteroatoms. The zero-order chi connectivity index (χ0) is 13.9. The van der Waals surface area contributed by atoms with Gasteiger partial charge in [-0.15, -0.1) is 0 Å². The summed E-state index contributed by atoms with van der Waals surface area (Å²) in [5.74, 6) is 0.613. The van der Waals surface area contributed by atoms with E-state index in [1.54, 1.807) is 18.2 Å². The van der Waals surface area contributed by atoms with Crippen molar-refractivity contribution in [3.8, 4) is 11.5 Å². The fraction of sp³-hybridized carbons (Fsp3) is 0.467. The summed E-state index contributed by atoms with van der Waals surface area (Å²) in [6, 6.07) is 7.16. The predicted octanol–water partition coefficient (Wildman–Crippen LogP) is 1.88. The number of Topliss-reactive ketones (excluding diaryl/α,β-unsaturated/α-hetero) is 1. The molecular weight excluding hydrogens is 260 g/mol. The van der Waals surface area contributed by atoms with E-state index in [4.69, 9.17) is 14.2 Å². The van der Waals surface area contributed by atoms with Gasteiger partial charge in [0.1, 0.15) is 6.61 Å². The average molecular weight is 276 g/mol. The summed E-state index contributed by atoms with van der Waals surface area (Å²) in [6.07, 6.45) is 1.46. The first-order chi connectivity index (χ1) is 9.74. The molecule has 2 aliphatic rings. The van der Waals surface area contributed by atoms with Crippen LogP contribution in [-0.4, -0.2) is 30.6 Å². The van der Waals surface area contributed by atoms with Crippen molar-refractivity contribution in [2.75, 3.05) is 6.61 Å². The van der Waals surface area contributed by atoms with Gasteiger partial charge in [-0.05, 0) is 31.4 Å². The molecule has 0 aromatic heterocycles. The smallest absolute Gasteiger partial charge is 0.351 e. The van der Waals surface area contributed by atoms with Crippen molar-refractivity contribution in [3.63, 3.8) is 0 Å². The maximum absolute atomic E-state index is 12.0. The van der Waals surface area contributed by atoms with Crippen molar-refractivity contribution in [2.24, 2.45) is 0 Å². The third kappa shape index (κ3) is 2.61. The Morgan fingerprint density at radius 2 is 2.00 bits per heavy atom. The molecule has 0 spiro atoms. The lowest BCUT2D eigenvalue weighted by Crippen LogP contribution is -2.41. The Kier molecular flexibility index (Phi) is 3.58. The van der Waals surface area contributed by atoms with E-state index < -0.39 is 18.2 Å². The van der Waals surface area contributed by atoms with Gasteiger partial charge in [-0.3, -0.25) is 4.79 Å². The SMILES string of the molecule is O=C1CCCC[C@H]1OC(=O)[C@H]1COc2ccccc2O1. The number of para-hydroxylation sites is 2. The molecule has 0 unspecified atom stereocenters. The molecule has 1 heterocycles. The second-order valence-corrected chi connectivity index (χ2v) is 5.00. The summed E-state index contributed by atoms with van der Waals surface area (Å²) in [6.45, 7) is 0.108. The second-order valence-electron chi connectivity index (χ2n) is 5.00. The first-order valence-corrected chi connectivity index (χ1v) is 6.86. The number of ketones is 1. The van der Waals surface area contributed by atoms with Crippen LogP contribution in [0.5, 0.6) is 11.5 Å². The van der Waals surface area contributed by atoms with Gasteiger partial charge in [0.25, 0.3) is 0 Å². The first-order valence-electron chi connectivity index (χ1n) is 6.86. The number of carbonyl (C=O) groups excluding carboxylic acids is 2. The highest BCUT2D eigenvalue weighted by Crippen LogP contribution is 2.31. The van der Waals surface area contributed by atoms with Crippen LogP contribution in [0.25, 0.3) is 0 Å². The molecule has 5 nitrogen and oxygen atoms in total. The van der Waals surface area contributed by atoms with Gasteiger partial charge in [-0.25, -0.2) is 4.79 Å². The number of rotatable bonds is 2. The number of benzene rings is 1. The molecule has 106 valence electrons. The molecule has 1 aliphatic heterocycles. The highest BCUT2D eigenvalue weighted by atomic mass is 16.6. The van der Waals surface area contributed by atoms with Crippen LogP contribution in [0.3, 0.4) is 0 Å². The van der Waals surface area contributed by atoms with Crippen molar-refractivity contribution >= 4 is 11.8 Å². The molecule has 1 aromatic carbocycles. The Morgan fingerprint density at radius 1 is 1.20 bits per heavy atom. The van der Waals surface area contributed by atoms with Crippen LogP contribution in [-0.2, 0) is 14.3 Å². The largest absolute Gasteiger partial charge is 0.485 e. The van der Waals surface area contributed by atoms with Gasteiger partial charge in [-0.2, -0.15) is 0 Å².